The van der Waals surface area contributed by atoms with Crippen molar-refractivity contribution < 1.29 is 4.39 Å². The summed E-state index contributed by atoms with van der Waals surface area (Å²) in [6, 6.07) is 6.82. The van der Waals surface area contributed by atoms with Crippen molar-refractivity contribution in [3.05, 3.63) is 35.6 Å². The standard InChI is InChI=1S/C14H18FN/c15-10-7-5-9(6-8-10)14(16)13-11-3-1-2-4-12(11)13/h5-8,11-14H,1-4,16H2. The molecule has 2 heteroatoms. The van der Waals surface area contributed by atoms with Gasteiger partial charge in [0.15, 0.2) is 0 Å². The monoisotopic (exact) mass is 219 g/mol. The van der Waals surface area contributed by atoms with Crippen LogP contribution in [0.4, 0.5) is 4.39 Å². The topological polar surface area (TPSA) is 26.0 Å². The molecule has 2 aliphatic rings. The van der Waals surface area contributed by atoms with E-state index in [1.165, 1.54) is 37.8 Å². The molecule has 0 aromatic heterocycles. The fourth-order valence-electron chi connectivity index (χ4n) is 3.49. The van der Waals surface area contributed by atoms with Crippen LogP contribution in [0.5, 0.6) is 0 Å². The maximum absolute atomic E-state index is 12.8. The van der Waals surface area contributed by atoms with E-state index >= 15 is 0 Å². The molecule has 0 amide bonds. The van der Waals surface area contributed by atoms with Crippen LogP contribution in [0.3, 0.4) is 0 Å². The first-order valence-electron chi connectivity index (χ1n) is 6.28. The van der Waals surface area contributed by atoms with Gasteiger partial charge in [0.25, 0.3) is 0 Å². The fourth-order valence-corrected chi connectivity index (χ4v) is 3.49. The Balaban J connectivity index is 1.74. The van der Waals surface area contributed by atoms with Crippen molar-refractivity contribution in [3.63, 3.8) is 0 Å². The summed E-state index contributed by atoms with van der Waals surface area (Å²) >= 11 is 0. The molecule has 3 unspecified atom stereocenters. The molecular weight excluding hydrogens is 201 g/mol. The lowest BCUT2D eigenvalue weighted by atomic mass is 10.0. The third kappa shape index (κ3) is 1.65. The Hall–Kier alpha value is -0.890. The average Bonchev–Trinajstić information content (AvgIpc) is 3.03. The van der Waals surface area contributed by atoms with Gasteiger partial charge < -0.3 is 5.73 Å². The predicted octanol–water partition coefficient (Wildman–Crippen LogP) is 3.26. The molecule has 86 valence electrons. The summed E-state index contributed by atoms with van der Waals surface area (Å²) in [4.78, 5) is 0. The summed E-state index contributed by atoms with van der Waals surface area (Å²) in [5, 5.41) is 0. The predicted molar refractivity (Wildman–Crippen MR) is 62.3 cm³/mol. The van der Waals surface area contributed by atoms with E-state index in [0.29, 0.717) is 5.92 Å². The van der Waals surface area contributed by atoms with Crippen molar-refractivity contribution in [2.24, 2.45) is 23.5 Å². The highest BCUT2D eigenvalue weighted by Crippen LogP contribution is 2.59. The molecule has 2 saturated carbocycles. The lowest BCUT2D eigenvalue weighted by Gasteiger charge is -2.11. The van der Waals surface area contributed by atoms with E-state index in [4.69, 9.17) is 5.73 Å². The van der Waals surface area contributed by atoms with Crippen molar-refractivity contribution >= 4 is 0 Å². The fraction of sp³-hybridized carbons (Fsp3) is 0.571. The first-order chi connectivity index (χ1) is 7.77. The number of hydrogen-bond acceptors (Lipinski definition) is 1. The number of halogens is 1. The normalized spacial score (nSPS) is 34.2. The van der Waals surface area contributed by atoms with Crippen LogP contribution in [0.2, 0.25) is 0 Å². The smallest absolute Gasteiger partial charge is 0.123 e. The van der Waals surface area contributed by atoms with Gasteiger partial charge in [0.2, 0.25) is 0 Å². The van der Waals surface area contributed by atoms with Crippen molar-refractivity contribution in [3.8, 4) is 0 Å². The van der Waals surface area contributed by atoms with Gasteiger partial charge in [-0.3, -0.25) is 0 Å². The van der Waals surface area contributed by atoms with E-state index in [1.807, 2.05) is 12.1 Å². The minimum Gasteiger partial charge on any atom is -0.324 e. The van der Waals surface area contributed by atoms with E-state index in [0.717, 1.165) is 17.4 Å². The number of rotatable bonds is 2. The molecule has 0 saturated heterocycles. The van der Waals surface area contributed by atoms with Crippen molar-refractivity contribution in [1.29, 1.82) is 0 Å². The summed E-state index contributed by atoms with van der Waals surface area (Å²) in [5.41, 5.74) is 7.39. The lowest BCUT2D eigenvalue weighted by molar-refractivity contribution is 0.480. The number of fused-ring (bicyclic) bond motifs is 1. The van der Waals surface area contributed by atoms with E-state index in [9.17, 15) is 4.39 Å². The van der Waals surface area contributed by atoms with Crippen LogP contribution >= 0.6 is 0 Å². The Morgan fingerprint density at radius 1 is 1.06 bits per heavy atom. The van der Waals surface area contributed by atoms with Gasteiger partial charge in [0, 0.05) is 6.04 Å². The van der Waals surface area contributed by atoms with Gasteiger partial charge >= 0.3 is 0 Å². The van der Waals surface area contributed by atoms with Gasteiger partial charge in [-0.2, -0.15) is 0 Å². The van der Waals surface area contributed by atoms with Gasteiger partial charge in [-0.1, -0.05) is 25.0 Å². The van der Waals surface area contributed by atoms with Crippen LogP contribution in [-0.4, -0.2) is 0 Å². The summed E-state index contributed by atoms with van der Waals surface area (Å²) in [5.74, 6) is 2.19. The van der Waals surface area contributed by atoms with Gasteiger partial charge in [0.05, 0.1) is 0 Å². The highest BCUT2D eigenvalue weighted by atomic mass is 19.1. The van der Waals surface area contributed by atoms with Crippen LogP contribution in [0.1, 0.15) is 37.3 Å². The molecule has 0 radical (unpaired) electrons. The summed E-state index contributed by atoms with van der Waals surface area (Å²) < 4.78 is 12.8. The zero-order valence-corrected chi connectivity index (χ0v) is 9.40. The second-order valence-electron chi connectivity index (χ2n) is 5.27. The van der Waals surface area contributed by atoms with Crippen molar-refractivity contribution in [1.82, 2.24) is 0 Å². The Bertz CT molecular complexity index is 361. The highest BCUT2D eigenvalue weighted by molar-refractivity contribution is 5.23. The van der Waals surface area contributed by atoms with Gasteiger partial charge in [0.1, 0.15) is 5.82 Å². The van der Waals surface area contributed by atoms with Crippen molar-refractivity contribution in [2.45, 2.75) is 31.7 Å². The first-order valence-corrected chi connectivity index (χ1v) is 6.28. The first kappa shape index (κ1) is 10.3. The molecule has 1 aromatic carbocycles. The number of nitrogens with two attached hydrogens (primary N) is 1. The minimum absolute atomic E-state index is 0.119. The molecule has 0 aliphatic heterocycles. The third-order valence-corrected chi connectivity index (χ3v) is 4.39. The van der Waals surface area contributed by atoms with Crippen LogP contribution in [0.15, 0.2) is 24.3 Å². The molecule has 0 spiro atoms. The molecule has 3 atom stereocenters. The summed E-state index contributed by atoms with van der Waals surface area (Å²) in [7, 11) is 0. The maximum Gasteiger partial charge on any atom is 0.123 e. The zero-order chi connectivity index (χ0) is 11.1. The molecule has 3 rings (SSSR count). The van der Waals surface area contributed by atoms with E-state index < -0.39 is 0 Å². The largest absolute Gasteiger partial charge is 0.324 e. The number of benzene rings is 1. The highest BCUT2D eigenvalue weighted by Gasteiger charge is 2.53. The van der Waals surface area contributed by atoms with E-state index in [1.54, 1.807) is 0 Å². The van der Waals surface area contributed by atoms with Gasteiger partial charge in [-0.25, -0.2) is 4.39 Å². The second kappa shape index (κ2) is 3.85. The molecule has 1 aromatic rings. The number of hydrogen-bond donors (Lipinski definition) is 1. The second-order valence-corrected chi connectivity index (χ2v) is 5.27. The maximum atomic E-state index is 12.8. The van der Waals surface area contributed by atoms with Crippen molar-refractivity contribution in [2.75, 3.05) is 0 Å². The van der Waals surface area contributed by atoms with Crippen LogP contribution in [0, 0.1) is 23.6 Å². The molecule has 2 aliphatic carbocycles. The minimum atomic E-state index is -0.177. The Morgan fingerprint density at radius 2 is 1.62 bits per heavy atom. The Morgan fingerprint density at radius 3 is 2.19 bits per heavy atom. The van der Waals surface area contributed by atoms with Crippen LogP contribution in [-0.2, 0) is 0 Å². The average molecular weight is 219 g/mol. The van der Waals surface area contributed by atoms with E-state index in [-0.39, 0.29) is 11.9 Å². The zero-order valence-electron chi connectivity index (χ0n) is 9.40. The Kier molecular flexibility index (Phi) is 2.47. The molecule has 0 heterocycles. The van der Waals surface area contributed by atoms with Crippen LogP contribution in [0.25, 0.3) is 0 Å². The van der Waals surface area contributed by atoms with E-state index in [2.05, 4.69) is 0 Å². The molecular formula is C14H18FN. The summed E-state index contributed by atoms with van der Waals surface area (Å²) in [6.45, 7) is 0. The molecule has 2 N–H and O–H groups in total. The Labute approximate surface area is 95.8 Å². The quantitative estimate of drug-likeness (QED) is 0.811. The SMILES string of the molecule is NC(c1ccc(F)cc1)C1C2CCCCC21. The van der Waals surface area contributed by atoms with Gasteiger partial charge in [-0.15, -0.1) is 0 Å². The molecule has 2 fully saturated rings. The molecule has 16 heavy (non-hydrogen) atoms. The summed E-state index contributed by atoms with van der Waals surface area (Å²) in [6.07, 6.45) is 5.44. The van der Waals surface area contributed by atoms with Gasteiger partial charge in [-0.05, 0) is 48.3 Å². The third-order valence-electron chi connectivity index (χ3n) is 4.39. The molecule has 1 nitrogen and oxygen atoms in total. The van der Waals surface area contributed by atoms with Crippen LogP contribution < -0.4 is 5.73 Å². The molecule has 0 bridgehead atoms. The lowest BCUT2D eigenvalue weighted by Crippen LogP contribution is -2.14.